The Morgan fingerprint density at radius 2 is 2.47 bits per heavy atom. The van der Waals surface area contributed by atoms with Gasteiger partial charge in [0.2, 0.25) is 5.88 Å². The maximum atomic E-state index is 5.13. The molecule has 80 valence electrons. The van der Waals surface area contributed by atoms with Crippen molar-refractivity contribution in [2.45, 2.75) is 0 Å². The molecule has 1 aromatic rings. The number of anilines is 1. The number of terminal acetylenes is 1. The first-order valence-corrected chi connectivity index (χ1v) is 5.63. The molecule has 0 unspecified atom stereocenters. The number of nitrogens with one attached hydrogen (secondary N) is 1. The number of hydrogen-bond acceptors (Lipinski definition) is 5. The molecular formula is C10H13N3OS. The zero-order valence-electron chi connectivity index (χ0n) is 8.56. The zero-order chi connectivity index (χ0) is 10.9. The Labute approximate surface area is 93.8 Å². The fraction of sp³-hybridized carbons (Fsp3) is 0.400. The first-order chi connectivity index (χ1) is 7.36. The van der Waals surface area contributed by atoms with E-state index in [1.54, 1.807) is 24.9 Å². The first-order valence-electron chi connectivity index (χ1n) is 4.48. The van der Waals surface area contributed by atoms with Crippen molar-refractivity contribution in [3.8, 4) is 18.2 Å². The van der Waals surface area contributed by atoms with Crippen LogP contribution in [0.5, 0.6) is 5.88 Å². The number of hydrogen-bond donors (Lipinski definition) is 1. The summed E-state index contributed by atoms with van der Waals surface area (Å²) in [6.07, 6.45) is 6.60. The van der Waals surface area contributed by atoms with E-state index in [0.717, 1.165) is 23.9 Å². The highest BCUT2D eigenvalue weighted by Crippen LogP contribution is 2.09. The average Bonchev–Trinajstić information content (AvgIpc) is 2.29. The van der Waals surface area contributed by atoms with Crippen molar-refractivity contribution < 1.29 is 4.74 Å². The second-order valence-corrected chi connectivity index (χ2v) is 3.73. The molecule has 0 radical (unpaired) electrons. The predicted octanol–water partition coefficient (Wildman–Crippen LogP) is 1.26. The minimum atomic E-state index is 0.559. The van der Waals surface area contributed by atoms with E-state index in [9.17, 15) is 0 Å². The lowest BCUT2D eigenvalue weighted by Crippen LogP contribution is -2.06. The van der Waals surface area contributed by atoms with Gasteiger partial charge in [0.05, 0.1) is 12.9 Å². The third-order valence-electron chi connectivity index (χ3n) is 1.59. The molecule has 1 N–H and O–H groups in total. The monoisotopic (exact) mass is 223 g/mol. The fourth-order valence-corrected chi connectivity index (χ4v) is 1.44. The van der Waals surface area contributed by atoms with E-state index < -0.39 is 0 Å². The summed E-state index contributed by atoms with van der Waals surface area (Å²) in [7, 11) is 1.58. The summed E-state index contributed by atoms with van der Waals surface area (Å²) in [6.45, 7) is 0.826. The van der Waals surface area contributed by atoms with Gasteiger partial charge in [-0.25, -0.2) is 9.97 Å². The molecule has 0 aliphatic heterocycles. The second-order valence-electron chi connectivity index (χ2n) is 2.63. The Balaban J connectivity index is 2.28. The van der Waals surface area contributed by atoms with Crippen LogP contribution >= 0.6 is 11.8 Å². The summed E-state index contributed by atoms with van der Waals surface area (Å²) in [6, 6.07) is 1.76. The van der Waals surface area contributed by atoms with E-state index in [1.807, 2.05) is 0 Å². The standard InChI is InChI=1S/C10H13N3OS/c1-3-5-15-6-4-11-9-7-10(14-2)13-8-12-9/h1,7-8H,4-6H2,2H3,(H,11,12,13). The van der Waals surface area contributed by atoms with Gasteiger partial charge < -0.3 is 10.1 Å². The van der Waals surface area contributed by atoms with Crippen molar-refractivity contribution in [2.24, 2.45) is 0 Å². The number of rotatable bonds is 6. The Hall–Kier alpha value is -1.41. The van der Waals surface area contributed by atoms with Gasteiger partial charge in [-0.2, -0.15) is 0 Å². The molecule has 0 amide bonds. The van der Waals surface area contributed by atoms with Crippen molar-refractivity contribution in [3.63, 3.8) is 0 Å². The summed E-state index contributed by atoms with van der Waals surface area (Å²) >= 11 is 1.71. The van der Waals surface area contributed by atoms with Crippen LogP contribution in [-0.2, 0) is 0 Å². The van der Waals surface area contributed by atoms with Gasteiger partial charge in [-0.15, -0.1) is 18.2 Å². The summed E-state index contributed by atoms with van der Waals surface area (Å²) in [4.78, 5) is 7.96. The van der Waals surface area contributed by atoms with Crippen LogP contribution in [-0.4, -0.2) is 35.1 Å². The Kier molecular flexibility index (Phi) is 5.41. The Bertz CT molecular complexity index is 338. The van der Waals surface area contributed by atoms with Crippen LogP contribution in [0.3, 0.4) is 0 Å². The highest BCUT2D eigenvalue weighted by atomic mass is 32.2. The number of ether oxygens (including phenoxy) is 1. The molecule has 1 rings (SSSR count). The molecule has 0 saturated heterocycles. The molecule has 15 heavy (non-hydrogen) atoms. The lowest BCUT2D eigenvalue weighted by molar-refractivity contribution is 0.397. The average molecular weight is 223 g/mol. The molecular weight excluding hydrogens is 210 g/mol. The third-order valence-corrected chi connectivity index (χ3v) is 2.45. The number of aromatic nitrogens is 2. The predicted molar refractivity (Wildman–Crippen MR) is 63.2 cm³/mol. The summed E-state index contributed by atoms with van der Waals surface area (Å²) in [5.41, 5.74) is 0. The van der Waals surface area contributed by atoms with E-state index in [2.05, 4.69) is 21.2 Å². The molecule has 0 aliphatic carbocycles. The Morgan fingerprint density at radius 1 is 1.60 bits per heavy atom. The minimum absolute atomic E-state index is 0.559. The van der Waals surface area contributed by atoms with E-state index in [4.69, 9.17) is 11.2 Å². The van der Waals surface area contributed by atoms with E-state index in [0.29, 0.717) is 5.88 Å². The molecule has 0 atom stereocenters. The SMILES string of the molecule is C#CCSCCNc1cc(OC)ncn1. The van der Waals surface area contributed by atoms with Crippen LogP contribution in [0.4, 0.5) is 5.82 Å². The van der Waals surface area contributed by atoms with Crippen LogP contribution in [0.15, 0.2) is 12.4 Å². The van der Waals surface area contributed by atoms with Gasteiger partial charge in [0, 0.05) is 18.4 Å². The van der Waals surface area contributed by atoms with E-state index in [1.165, 1.54) is 6.33 Å². The maximum absolute atomic E-state index is 5.13. The van der Waals surface area contributed by atoms with Crippen molar-refractivity contribution in [2.75, 3.05) is 30.5 Å². The smallest absolute Gasteiger partial charge is 0.218 e. The molecule has 4 nitrogen and oxygen atoms in total. The molecule has 0 aliphatic rings. The third kappa shape index (κ3) is 4.56. The van der Waals surface area contributed by atoms with E-state index >= 15 is 0 Å². The minimum Gasteiger partial charge on any atom is -0.481 e. The second kappa shape index (κ2) is 6.96. The molecule has 0 bridgehead atoms. The summed E-state index contributed by atoms with van der Waals surface area (Å²) in [5, 5.41) is 3.16. The van der Waals surface area contributed by atoms with Crippen LogP contribution in [0.2, 0.25) is 0 Å². The van der Waals surface area contributed by atoms with Crippen LogP contribution in [0.25, 0.3) is 0 Å². The van der Waals surface area contributed by atoms with Crippen molar-refractivity contribution >= 4 is 17.6 Å². The number of thioether (sulfide) groups is 1. The summed E-state index contributed by atoms with van der Waals surface area (Å²) in [5.74, 6) is 5.60. The topological polar surface area (TPSA) is 47.0 Å². The van der Waals surface area contributed by atoms with Crippen LogP contribution in [0.1, 0.15) is 0 Å². The Morgan fingerprint density at radius 3 is 3.20 bits per heavy atom. The molecule has 0 spiro atoms. The lowest BCUT2D eigenvalue weighted by atomic mass is 10.5. The summed E-state index contributed by atoms with van der Waals surface area (Å²) < 4.78 is 4.98. The molecule has 0 fully saturated rings. The molecule has 1 heterocycles. The largest absolute Gasteiger partial charge is 0.481 e. The molecule has 5 heteroatoms. The van der Waals surface area contributed by atoms with Gasteiger partial charge in [0.25, 0.3) is 0 Å². The van der Waals surface area contributed by atoms with Gasteiger partial charge in [-0.05, 0) is 0 Å². The quantitative estimate of drug-likeness (QED) is 0.581. The first kappa shape index (κ1) is 11.7. The maximum Gasteiger partial charge on any atom is 0.218 e. The molecule has 0 aromatic carbocycles. The highest BCUT2D eigenvalue weighted by Gasteiger charge is 1.96. The van der Waals surface area contributed by atoms with Crippen LogP contribution < -0.4 is 10.1 Å². The molecule has 1 aromatic heterocycles. The van der Waals surface area contributed by atoms with Gasteiger partial charge in [-0.3, -0.25) is 0 Å². The van der Waals surface area contributed by atoms with Crippen molar-refractivity contribution in [1.29, 1.82) is 0 Å². The highest BCUT2D eigenvalue weighted by molar-refractivity contribution is 7.99. The zero-order valence-corrected chi connectivity index (χ0v) is 9.38. The number of nitrogens with zero attached hydrogens (tertiary/aromatic N) is 2. The van der Waals surface area contributed by atoms with Crippen LogP contribution in [0, 0.1) is 12.3 Å². The van der Waals surface area contributed by atoms with Crippen molar-refractivity contribution in [1.82, 2.24) is 9.97 Å². The fourth-order valence-electron chi connectivity index (χ4n) is 0.930. The van der Waals surface area contributed by atoms with E-state index in [-0.39, 0.29) is 0 Å². The molecule has 0 saturated carbocycles. The number of methoxy groups -OCH3 is 1. The normalized spacial score (nSPS) is 9.33. The van der Waals surface area contributed by atoms with Gasteiger partial charge >= 0.3 is 0 Å². The van der Waals surface area contributed by atoms with Crippen molar-refractivity contribution in [3.05, 3.63) is 12.4 Å². The van der Waals surface area contributed by atoms with Gasteiger partial charge in [0.1, 0.15) is 12.1 Å². The van der Waals surface area contributed by atoms with Gasteiger partial charge in [-0.1, -0.05) is 5.92 Å². The van der Waals surface area contributed by atoms with Gasteiger partial charge in [0.15, 0.2) is 0 Å². The lowest BCUT2D eigenvalue weighted by Gasteiger charge is -2.05.